The maximum Gasteiger partial charge on any atom is 0.153 e. The lowest BCUT2D eigenvalue weighted by atomic mass is 9.96. The van der Waals surface area contributed by atoms with Crippen LogP contribution in [-0.4, -0.2) is 228 Å². The van der Waals surface area contributed by atoms with Crippen LogP contribution in [0.1, 0.15) is 41.2 Å². The number of quaternary nitrogens is 1. The van der Waals surface area contributed by atoms with Gasteiger partial charge in [-0.25, -0.2) is 26.8 Å². The molecule has 0 amide bonds. The number of rotatable bonds is 30. The molecule has 2 aromatic heterocycles. The van der Waals surface area contributed by atoms with Crippen molar-refractivity contribution in [1.29, 1.82) is 0 Å². The maximum atomic E-state index is 12.7. The van der Waals surface area contributed by atoms with E-state index in [1.165, 1.54) is 36.5 Å². The summed E-state index contributed by atoms with van der Waals surface area (Å²) in [6.07, 6.45) is -21.0. The van der Waals surface area contributed by atoms with Gasteiger partial charge < -0.3 is 96.5 Å². The summed E-state index contributed by atoms with van der Waals surface area (Å²) in [5, 5.41) is 159. The summed E-state index contributed by atoms with van der Waals surface area (Å²) in [5.74, 6) is 0. The fourth-order valence-electron chi connectivity index (χ4n) is 10.4. The van der Waals surface area contributed by atoms with Crippen molar-refractivity contribution >= 4 is 97.5 Å². The highest BCUT2D eigenvalue weighted by atomic mass is 32.2. The number of nitrogens with zero attached hydrogens (tertiary/aromatic N) is 5. The highest BCUT2D eigenvalue weighted by molar-refractivity contribution is 7.86. The van der Waals surface area contributed by atoms with Gasteiger partial charge in [-0.05, 0) is 105 Å². The highest BCUT2D eigenvalue weighted by Crippen LogP contribution is 2.41. The minimum absolute atomic E-state index is 0.000642. The topological polar surface area (TPSA) is 484 Å². The van der Waals surface area contributed by atoms with Crippen LogP contribution < -0.4 is 20.4 Å². The van der Waals surface area contributed by atoms with Gasteiger partial charge in [0.15, 0.2) is 6.23 Å². The molecule has 0 spiro atoms. The predicted molar refractivity (Wildman–Crippen MR) is 361 cm³/mol. The Bertz CT molecular complexity index is 4200. The second-order valence-electron chi connectivity index (χ2n) is 23.9. The predicted octanol–water partition coefficient (Wildman–Crippen LogP) is 2.98. The first-order chi connectivity index (χ1) is 45.1. The van der Waals surface area contributed by atoms with E-state index in [0.29, 0.717) is 58.5 Å². The van der Waals surface area contributed by atoms with Crippen molar-refractivity contribution in [3.63, 3.8) is 0 Å². The smallest absolute Gasteiger partial charge is 0.153 e. The molecule has 6 aromatic carbocycles. The standard InChI is InChI=1S/C41H48N4O16S4.C23H35N4O4/c1-18-3-12-28-33(38(18)65(59,60)61)45-41(62-28)22-9-11-24-29(14-22)63-40(43-24)21-7-4-20(5-8-21)6-10-23-31(44-39(55)37(54)36(53)27(50)17-47)19(2)13-30(64(56,57)58)32(23)42-15-25(48)34(51)35(52)26(49)16-46;1-6-20(28)22(30)23(31)21(29)14-24-17-13-19(27(3,4)5)15(2)12-18(17)26-25-16-10-8-7-9-11-16/h3-5,7-9,11-14,25-27,34-37,39,42,44,46-55H,6,10,15-17H2,1-2H3,(H,56,57,58)(H,59,60,61);7-13,20-24,28-31H,6,14H2,1-5H3/q;+1/p-2. The Morgan fingerprint density at radius 3 is 1.70 bits per heavy atom. The summed E-state index contributed by atoms with van der Waals surface area (Å²) < 4.78 is 76.0. The van der Waals surface area contributed by atoms with Crippen molar-refractivity contribution in [2.45, 2.75) is 130 Å². The summed E-state index contributed by atoms with van der Waals surface area (Å²) in [6.45, 7) is 3.90. The molecule has 2 heterocycles. The second kappa shape index (κ2) is 32.8. The van der Waals surface area contributed by atoms with Crippen LogP contribution in [0.4, 0.5) is 34.1 Å². The fraction of sp³-hybridized carbons (Fsp3) is 0.406. The van der Waals surface area contributed by atoms with Gasteiger partial charge in [0.05, 0.1) is 100.0 Å². The van der Waals surface area contributed by atoms with Crippen LogP contribution in [0.3, 0.4) is 0 Å². The number of hydrogen-bond acceptors (Lipinski definition) is 29. The Morgan fingerprint density at radius 2 is 1.11 bits per heavy atom. The van der Waals surface area contributed by atoms with E-state index in [-0.39, 0.29) is 53.0 Å². The van der Waals surface area contributed by atoms with Crippen molar-refractivity contribution in [3.05, 3.63) is 131 Å². The van der Waals surface area contributed by atoms with Gasteiger partial charge >= 0.3 is 0 Å². The maximum absolute atomic E-state index is 12.7. The molecule has 0 radical (unpaired) electrons. The van der Waals surface area contributed by atoms with Gasteiger partial charge in [0.2, 0.25) is 0 Å². The fourth-order valence-corrected chi connectivity index (χ4v) is 14.0. The summed E-state index contributed by atoms with van der Waals surface area (Å²) in [7, 11) is -3.91. The molecule has 0 saturated heterocycles. The van der Waals surface area contributed by atoms with Crippen LogP contribution >= 0.6 is 22.7 Å². The van der Waals surface area contributed by atoms with E-state index >= 15 is 0 Å². The molecular weight excluding hydrogens is 1330 g/mol. The number of thiazole rings is 2. The number of hydrogen-bond donors (Lipinski definition) is 17. The Morgan fingerprint density at radius 1 is 0.552 bits per heavy atom. The molecular formula is C64H81N8O20S4-. The molecule has 8 aromatic rings. The van der Waals surface area contributed by atoms with Crippen LogP contribution in [0.2, 0.25) is 0 Å². The molecule has 0 bridgehead atoms. The molecule has 0 saturated carbocycles. The van der Waals surface area contributed by atoms with Gasteiger partial charge in [0.25, 0.3) is 0 Å². The van der Waals surface area contributed by atoms with E-state index in [1.54, 1.807) is 55.5 Å². The van der Waals surface area contributed by atoms with E-state index in [9.17, 15) is 97.4 Å². The molecule has 12 unspecified atom stereocenters. The number of anilines is 3. The number of nitrogens with one attached hydrogen (secondary N) is 3. The van der Waals surface area contributed by atoms with Crippen LogP contribution in [0.15, 0.2) is 123 Å². The van der Waals surface area contributed by atoms with Gasteiger partial charge in [-0.2, -0.15) is 5.11 Å². The number of fused-ring (bicyclic) bond motifs is 2. The van der Waals surface area contributed by atoms with Crippen molar-refractivity contribution in [2.75, 3.05) is 63.4 Å². The van der Waals surface area contributed by atoms with E-state index in [0.717, 1.165) is 27.6 Å². The van der Waals surface area contributed by atoms with Gasteiger partial charge in [-0.3, -0.25) is 4.48 Å². The number of aromatic nitrogens is 2. The molecule has 32 heteroatoms. The second-order valence-corrected chi connectivity index (χ2v) is 28.6. The van der Waals surface area contributed by atoms with Crippen LogP contribution in [0, 0.1) is 20.8 Å². The summed E-state index contributed by atoms with van der Waals surface area (Å²) >= 11 is 2.62. The van der Waals surface area contributed by atoms with Crippen molar-refractivity contribution < 1.29 is 97.4 Å². The monoisotopic (exact) mass is 1410 g/mol. The number of aliphatic hydroxyl groups is 14. The lowest BCUT2D eigenvalue weighted by molar-refractivity contribution is -0.111. The molecule has 8 rings (SSSR count). The third-order valence-corrected chi connectivity index (χ3v) is 19.8. The largest absolute Gasteiger partial charge is 0.744 e. The quantitative estimate of drug-likeness (QED) is 0.0133. The van der Waals surface area contributed by atoms with E-state index in [1.807, 2.05) is 55.5 Å². The molecule has 96 heavy (non-hydrogen) atoms. The first-order valence-electron chi connectivity index (χ1n) is 30.1. The van der Waals surface area contributed by atoms with Crippen LogP contribution in [0.5, 0.6) is 0 Å². The average molecular weight is 1410 g/mol. The van der Waals surface area contributed by atoms with Crippen LogP contribution in [-0.2, 0) is 33.1 Å². The molecule has 28 nitrogen and oxygen atoms in total. The lowest BCUT2D eigenvalue weighted by Crippen LogP contribution is -2.48. The number of aryl methyl sites for hydroxylation is 4. The Kier molecular flexibility index (Phi) is 26.2. The minimum atomic E-state index is -5.30. The molecule has 0 fully saturated rings. The molecule has 522 valence electrons. The number of azo groups is 1. The SMILES string of the molecule is CCC(O)C(O)C(O)C(O)CNc1cc([N+](C)(C)C)c(C)cc1N=Nc1ccccc1.Cc1cc(S(=O)(=O)[O-])c(NCC(O)C(O)C(O)C(O)CO)c(CCc2ccc(-c3nc4ccc(-c5nc6c(S(=O)(=O)[O-])c(C)ccc6s5)cc4s3)cc2)c1NC(O)C(O)C(O)C(O)CO. The van der Waals surface area contributed by atoms with Crippen molar-refractivity contribution in [2.24, 2.45) is 10.2 Å². The molecule has 17 N–H and O–H groups in total. The minimum Gasteiger partial charge on any atom is -0.744 e. The first-order valence-corrected chi connectivity index (χ1v) is 34.6. The summed E-state index contributed by atoms with van der Waals surface area (Å²) in [6, 6.07) is 30.0. The van der Waals surface area contributed by atoms with Gasteiger partial charge in [-0.1, -0.05) is 55.5 Å². The first kappa shape index (κ1) is 76.7. The third-order valence-electron chi connectivity index (χ3n) is 15.8. The lowest BCUT2D eigenvalue weighted by Gasteiger charge is -2.30. The van der Waals surface area contributed by atoms with Gasteiger partial charge in [0, 0.05) is 47.1 Å². The Hall–Kier alpha value is -6.68. The van der Waals surface area contributed by atoms with Gasteiger partial charge in [-0.15, -0.1) is 27.8 Å². The van der Waals surface area contributed by atoms with E-state index in [2.05, 4.69) is 52.3 Å². The highest BCUT2D eigenvalue weighted by Gasteiger charge is 2.34. The van der Waals surface area contributed by atoms with Crippen LogP contribution in [0.25, 0.3) is 41.6 Å². The Labute approximate surface area is 562 Å². The molecule has 0 aliphatic carbocycles. The zero-order valence-corrected chi connectivity index (χ0v) is 56.5. The molecule has 0 aliphatic heterocycles. The van der Waals surface area contributed by atoms with Crippen molar-refractivity contribution in [3.8, 4) is 21.1 Å². The number of aliphatic hydroxyl groups excluding tert-OH is 14. The zero-order chi connectivity index (χ0) is 70.9. The summed E-state index contributed by atoms with van der Waals surface area (Å²) in [5.41, 5.74) is 6.81. The number of benzene rings is 6. The third kappa shape index (κ3) is 18.9. The molecule has 0 aliphatic rings. The molecule has 12 atom stereocenters. The van der Waals surface area contributed by atoms with E-state index < -0.39 is 124 Å². The van der Waals surface area contributed by atoms with Crippen molar-refractivity contribution in [1.82, 2.24) is 14.5 Å². The Balaban J connectivity index is 0.000000351. The average Bonchev–Trinajstić information content (AvgIpc) is 1.66. The summed E-state index contributed by atoms with van der Waals surface area (Å²) in [4.78, 5) is 8.10. The van der Waals surface area contributed by atoms with E-state index in [4.69, 9.17) is 4.98 Å². The normalized spacial score (nSPS) is 16.2. The zero-order valence-electron chi connectivity index (χ0n) is 53.3. The van der Waals surface area contributed by atoms with Gasteiger partial charge in [0.1, 0.15) is 90.5 Å².